The van der Waals surface area contributed by atoms with Crippen molar-refractivity contribution >= 4 is 0 Å². The predicted octanol–water partition coefficient (Wildman–Crippen LogP) is 2.69. The quantitative estimate of drug-likeness (QED) is 0.470. The molecule has 0 amide bonds. The molecule has 0 saturated heterocycles. The fourth-order valence-corrected chi connectivity index (χ4v) is 0. The minimum atomic E-state index is 0. The molecule has 0 heterocycles. The van der Waals surface area contributed by atoms with Gasteiger partial charge in [0.15, 0.2) is 0 Å². The van der Waals surface area contributed by atoms with E-state index in [4.69, 9.17) is 0 Å². The van der Waals surface area contributed by atoms with Crippen LogP contribution in [0.15, 0.2) is 0 Å². The van der Waals surface area contributed by atoms with Crippen molar-refractivity contribution in [3.63, 3.8) is 0 Å². The number of hydrogen-bond donors (Lipinski definition) is 0. The molecule has 0 aromatic heterocycles. The van der Waals surface area contributed by atoms with Crippen molar-refractivity contribution in [3.05, 3.63) is 0 Å². The van der Waals surface area contributed by atoms with Gasteiger partial charge in [0.1, 0.15) is 0 Å². The molecule has 0 N–H and O–H groups in total. The fraction of sp³-hybridized carbons (Fsp3) is 1.00. The van der Waals surface area contributed by atoms with Crippen molar-refractivity contribution in [1.82, 2.24) is 0 Å². The molecule has 0 spiro atoms. The molecular formula is C6H16Ar. The largest absolute Gasteiger partial charge is 0.0683 e. The van der Waals surface area contributed by atoms with E-state index in [1.54, 1.807) is 0 Å². The maximum absolute atomic E-state index is 2.17. The summed E-state index contributed by atoms with van der Waals surface area (Å²) in [5, 5.41) is 0. The molecule has 0 aliphatic carbocycles. The van der Waals surface area contributed by atoms with Gasteiger partial charge in [-0.2, -0.15) is 0 Å². The van der Waals surface area contributed by atoms with Gasteiger partial charge in [-0.05, 0) is 5.92 Å². The van der Waals surface area contributed by atoms with Crippen LogP contribution in [0.2, 0.25) is 0 Å². The van der Waals surface area contributed by atoms with Gasteiger partial charge < -0.3 is 0 Å². The molecule has 0 unspecified atom stereocenters. The smallest absolute Gasteiger partial charge is 0 e. The summed E-state index contributed by atoms with van der Waals surface area (Å²) >= 11 is 0. The van der Waals surface area contributed by atoms with Gasteiger partial charge in [-0.3, -0.25) is 0 Å². The summed E-state index contributed by atoms with van der Waals surface area (Å²) in [4.78, 5) is 0. The summed E-state index contributed by atoms with van der Waals surface area (Å²) < 4.78 is 0. The third kappa shape index (κ3) is 127. The summed E-state index contributed by atoms with van der Waals surface area (Å²) in [6, 6.07) is 0. The Morgan fingerprint density at radius 3 is 0.857 bits per heavy atom. The average molecular weight is 128 g/mol. The van der Waals surface area contributed by atoms with Crippen LogP contribution in [0.25, 0.3) is 0 Å². The van der Waals surface area contributed by atoms with E-state index >= 15 is 0 Å². The van der Waals surface area contributed by atoms with Gasteiger partial charge in [-0.1, -0.05) is 34.6 Å². The van der Waals surface area contributed by atoms with Crippen LogP contribution < -0.4 is 0 Å². The number of hydrogen-bond acceptors (Lipinski definition) is 0. The van der Waals surface area contributed by atoms with Gasteiger partial charge in [-0.25, -0.2) is 0 Å². The minimum Gasteiger partial charge on any atom is -0.0683 e. The molecule has 0 aromatic rings. The van der Waals surface area contributed by atoms with Gasteiger partial charge in [0, 0.05) is 37.7 Å². The van der Waals surface area contributed by atoms with E-state index in [-0.39, 0.29) is 37.7 Å². The van der Waals surface area contributed by atoms with Crippen molar-refractivity contribution < 1.29 is 37.7 Å². The standard InChI is InChI=1S/C4H10.C2H6.Ar/c1-4(2)3;1-2;/h4H,1-3H3;1-2H3;. The first-order valence-electron chi connectivity index (χ1n) is 2.73. The molecule has 0 aliphatic rings. The second kappa shape index (κ2) is 15.7. The van der Waals surface area contributed by atoms with Crippen molar-refractivity contribution in [3.8, 4) is 0 Å². The van der Waals surface area contributed by atoms with Gasteiger partial charge in [0.05, 0.1) is 0 Å². The van der Waals surface area contributed by atoms with E-state index in [0.29, 0.717) is 0 Å². The van der Waals surface area contributed by atoms with Crippen LogP contribution in [-0.2, 0) is 0 Å². The zero-order valence-corrected chi connectivity index (χ0v) is 6.64. The Morgan fingerprint density at radius 2 is 0.857 bits per heavy atom. The molecule has 0 nitrogen and oxygen atoms in total. The topological polar surface area (TPSA) is 0 Å². The SMILES string of the molecule is CC.CC(C)C.[Ar]. The van der Waals surface area contributed by atoms with E-state index in [1.807, 2.05) is 13.8 Å². The van der Waals surface area contributed by atoms with Crippen molar-refractivity contribution in [2.45, 2.75) is 34.6 Å². The van der Waals surface area contributed by atoms with Gasteiger partial charge in [0.2, 0.25) is 0 Å². The van der Waals surface area contributed by atoms with Crippen molar-refractivity contribution in [2.75, 3.05) is 0 Å². The van der Waals surface area contributed by atoms with Crippen LogP contribution in [0.1, 0.15) is 34.6 Å². The van der Waals surface area contributed by atoms with Crippen LogP contribution in [0.3, 0.4) is 0 Å². The van der Waals surface area contributed by atoms with E-state index in [2.05, 4.69) is 20.8 Å². The Kier molecular flexibility index (Phi) is 35.2. The van der Waals surface area contributed by atoms with E-state index in [0.717, 1.165) is 5.92 Å². The second-order valence-corrected chi connectivity index (χ2v) is 1.73. The molecule has 0 fully saturated rings. The molecule has 0 saturated carbocycles. The van der Waals surface area contributed by atoms with Crippen LogP contribution in [0, 0.1) is 43.7 Å². The maximum atomic E-state index is 2.17. The number of rotatable bonds is 0. The van der Waals surface area contributed by atoms with Gasteiger partial charge >= 0.3 is 0 Å². The molecule has 0 rings (SSSR count). The first-order valence-corrected chi connectivity index (χ1v) is 2.73. The minimum absolute atomic E-state index is 0. The monoisotopic (exact) mass is 128 g/mol. The first kappa shape index (κ1) is 15.7. The Morgan fingerprint density at radius 1 is 0.857 bits per heavy atom. The molecule has 0 atom stereocenters. The zero-order chi connectivity index (χ0) is 5.58. The van der Waals surface area contributed by atoms with Gasteiger partial charge in [0.25, 0.3) is 0 Å². The molecule has 0 aromatic carbocycles. The van der Waals surface area contributed by atoms with E-state index < -0.39 is 0 Å². The molecule has 7 heavy (non-hydrogen) atoms. The van der Waals surface area contributed by atoms with Crippen LogP contribution >= 0.6 is 0 Å². The molecule has 0 aliphatic heterocycles. The third-order valence-electron chi connectivity index (χ3n) is 0. The summed E-state index contributed by atoms with van der Waals surface area (Å²) in [5.74, 6) is 0.833. The molecular weight excluding hydrogens is 112 g/mol. The van der Waals surface area contributed by atoms with Crippen LogP contribution in [0.4, 0.5) is 0 Å². The predicted molar refractivity (Wildman–Crippen MR) is 31.9 cm³/mol. The zero-order valence-electron chi connectivity index (χ0n) is 5.93. The van der Waals surface area contributed by atoms with Crippen molar-refractivity contribution in [1.29, 1.82) is 0 Å². The molecule has 0 bridgehead atoms. The van der Waals surface area contributed by atoms with Gasteiger partial charge in [-0.15, -0.1) is 0 Å². The van der Waals surface area contributed by atoms with E-state index in [1.165, 1.54) is 0 Å². The van der Waals surface area contributed by atoms with Crippen LogP contribution in [-0.4, -0.2) is 0 Å². The summed E-state index contributed by atoms with van der Waals surface area (Å²) in [7, 11) is 0. The van der Waals surface area contributed by atoms with Crippen LogP contribution in [0.5, 0.6) is 0 Å². The summed E-state index contributed by atoms with van der Waals surface area (Å²) in [5.41, 5.74) is 0. The van der Waals surface area contributed by atoms with E-state index in [9.17, 15) is 0 Å². The second-order valence-electron chi connectivity index (χ2n) is 1.73. The third-order valence-corrected chi connectivity index (χ3v) is 0. The summed E-state index contributed by atoms with van der Waals surface area (Å²) in [6.45, 7) is 10.5. The maximum Gasteiger partial charge on any atom is 0 e. The Hall–Kier alpha value is 1.26. The molecule has 1 heteroatoms. The van der Waals surface area contributed by atoms with Crippen molar-refractivity contribution in [2.24, 2.45) is 5.92 Å². The first-order chi connectivity index (χ1) is 2.73. The Labute approximate surface area is 77.7 Å². The fourth-order valence-electron chi connectivity index (χ4n) is 0. The normalized spacial score (nSPS) is 6.00. The Bertz CT molecular complexity index is 8.90. The average Bonchev–Trinajstić information content (AvgIpc) is 1.41. The summed E-state index contributed by atoms with van der Waals surface area (Å²) in [6.07, 6.45) is 0. The molecule has 48 valence electrons. The Balaban J connectivity index is -0.0000000480. The molecule has 0 radical (unpaired) electrons.